The van der Waals surface area contributed by atoms with E-state index in [9.17, 15) is 14.0 Å². The molecule has 1 aliphatic heterocycles. The highest BCUT2D eigenvalue weighted by molar-refractivity contribution is 6.31. The van der Waals surface area contributed by atoms with Gasteiger partial charge in [-0.05, 0) is 57.7 Å². The molecule has 7 heteroatoms. The summed E-state index contributed by atoms with van der Waals surface area (Å²) in [6.07, 6.45) is 1.68. The molecule has 0 saturated carbocycles. The number of hydrogen-bond acceptors (Lipinski definition) is 3. The highest BCUT2D eigenvalue weighted by Gasteiger charge is 2.24. The predicted molar refractivity (Wildman–Crippen MR) is 101 cm³/mol. The maximum atomic E-state index is 13.3. The second-order valence-corrected chi connectivity index (χ2v) is 8.23. The van der Waals surface area contributed by atoms with Gasteiger partial charge < -0.3 is 15.5 Å². The molecule has 0 unspecified atom stereocenters. The topological polar surface area (TPSA) is 61.4 Å². The zero-order valence-corrected chi connectivity index (χ0v) is 16.3. The number of carbonyl (C=O) groups is 2. The summed E-state index contributed by atoms with van der Waals surface area (Å²) >= 11 is 5.78. The van der Waals surface area contributed by atoms with Crippen LogP contribution in [-0.2, 0) is 4.79 Å². The van der Waals surface area contributed by atoms with Crippen LogP contribution in [0.4, 0.5) is 4.39 Å². The van der Waals surface area contributed by atoms with Crippen LogP contribution in [0, 0.1) is 11.7 Å². The number of nitrogens with zero attached hydrogens (tertiary/aromatic N) is 1. The molecule has 0 spiro atoms. The summed E-state index contributed by atoms with van der Waals surface area (Å²) in [5.41, 5.74) is 0.133. The van der Waals surface area contributed by atoms with Gasteiger partial charge in [-0.25, -0.2) is 4.39 Å². The lowest BCUT2D eigenvalue weighted by Gasteiger charge is -2.33. The first-order valence-electron chi connectivity index (χ1n) is 8.91. The van der Waals surface area contributed by atoms with Crippen LogP contribution in [0.15, 0.2) is 18.2 Å². The maximum absolute atomic E-state index is 13.3. The molecule has 1 aliphatic rings. The molecule has 0 aliphatic carbocycles. The van der Waals surface area contributed by atoms with E-state index in [0.717, 1.165) is 12.8 Å². The van der Waals surface area contributed by atoms with Crippen molar-refractivity contribution in [2.75, 3.05) is 26.2 Å². The molecular formula is C19H27ClFN3O2. The summed E-state index contributed by atoms with van der Waals surface area (Å²) in [6, 6.07) is 3.79. The maximum Gasteiger partial charge on any atom is 0.251 e. The third kappa shape index (κ3) is 6.57. The molecule has 2 N–H and O–H groups in total. The van der Waals surface area contributed by atoms with Crippen molar-refractivity contribution in [2.45, 2.75) is 39.2 Å². The van der Waals surface area contributed by atoms with Gasteiger partial charge in [0.15, 0.2) is 0 Å². The minimum atomic E-state index is -0.529. The van der Waals surface area contributed by atoms with Gasteiger partial charge in [-0.3, -0.25) is 9.59 Å². The molecule has 26 heavy (non-hydrogen) atoms. The smallest absolute Gasteiger partial charge is 0.251 e. The monoisotopic (exact) mass is 383 g/mol. The number of halogens is 2. The summed E-state index contributed by atoms with van der Waals surface area (Å²) in [4.78, 5) is 26.2. The summed E-state index contributed by atoms with van der Waals surface area (Å²) in [6.45, 7) is 8.32. The third-order valence-corrected chi connectivity index (χ3v) is 4.63. The van der Waals surface area contributed by atoms with Crippen molar-refractivity contribution in [1.82, 2.24) is 15.5 Å². The lowest BCUT2D eigenvalue weighted by Crippen LogP contribution is -2.48. The van der Waals surface area contributed by atoms with Gasteiger partial charge in [-0.2, -0.15) is 0 Å². The van der Waals surface area contributed by atoms with Crippen molar-refractivity contribution in [3.63, 3.8) is 0 Å². The molecule has 2 amide bonds. The van der Waals surface area contributed by atoms with Gasteiger partial charge in [0, 0.05) is 35.8 Å². The van der Waals surface area contributed by atoms with E-state index in [2.05, 4.69) is 10.6 Å². The Morgan fingerprint density at radius 2 is 1.88 bits per heavy atom. The van der Waals surface area contributed by atoms with Gasteiger partial charge in [0.25, 0.3) is 5.91 Å². The second kappa shape index (κ2) is 8.82. The zero-order valence-electron chi connectivity index (χ0n) is 15.6. The van der Waals surface area contributed by atoms with Crippen molar-refractivity contribution >= 4 is 23.4 Å². The lowest BCUT2D eigenvalue weighted by molar-refractivity contribution is -0.131. The number of piperidine rings is 1. The highest BCUT2D eigenvalue weighted by Crippen LogP contribution is 2.18. The van der Waals surface area contributed by atoms with Gasteiger partial charge in [0.2, 0.25) is 5.91 Å². The van der Waals surface area contributed by atoms with E-state index >= 15 is 0 Å². The number of carbonyl (C=O) groups excluding carboxylic acids is 2. The summed E-state index contributed by atoms with van der Waals surface area (Å²) in [5, 5.41) is 6.24. The van der Waals surface area contributed by atoms with E-state index in [4.69, 9.17) is 11.6 Å². The Morgan fingerprint density at radius 1 is 1.23 bits per heavy atom. The van der Waals surface area contributed by atoms with E-state index in [0.29, 0.717) is 32.1 Å². The summed E-state index contributed by atoms with van der Waals surface area (Å²) in [7, 11) is 0. The van der Waals surface area contributed by atoms with Gasteiger partial charge in [-0.1, -0.05) is 11.6 Å². The number of hydrogen-bond donors (Lipinski definition) is 2. The van der Waals surface area contributed by atoms with Crippen LogP contribution in [0.5, 0.6) is 0 Å². The number of rotatable bonds is 5. The Bertz CT molecular complexity index is 632. The number of benzene rings is 1. The molecule has 1 aromatic carbocycles. The molecule has 1 heterocycles. The molecular weight excluding hydrogens is 357 g/mol. The quantitative estimate of drug-likeness (QED) is 0.821. The summed E-state index contributed by atoms with van der Waals surface area (Å²) in [5.74, 6) is -0.447. The molecule has 0 aromatic heterocycles. The van der Waals surface area contributed by atoms with Gasteiger partial charge in [-0.15, -0.1) is 0 Å². The molecule has 0 bridgehead atoms. The molecule has 1 saturated heterocycles. The minimum absolute atomic E-state index is 0.0852. The predicted octanol–water partition coefficient (Wildman–Crippen LogP) is 2.84. The van der Waals surface area contributed by atoms with Crippen LogP contribution in [0.3, 0.4) is 0 Å². The molecule has 144 valence electrons. The fourth-order valence-electron chi connectivity index (χ4n) is 2.86. The van der Waals surface area contributed by atoms with E-state index in [1.165, 1.54) is 18.2 Å². The first kappa shape index (κ1) is 20.6. The highest BCUT2D eigenvalue weighted by atomic mass is 35.5. The molecule has 0 atom stereocenters. The molecule has 2 rings (SSSR count). The Hall–Kier alpha value is -1.66. The third-order valence-electron chi connectivity index (χ3n) is 4.41. The Morgan fingerprint density at radius 3 is 2.46 bits per heavy atom. The first-order valence-corrected chi connectivity index (χ1v) is 9.29. The average molecular weight is 384 g/mol. The Balaban J connectivity index is 1.75. The van der Waals surface area contributed by atoms with Crippen LogP contribution < -0.4 is 10.6 Å². The van der Waals surface area contributed by atoms with E-state index in [1.54, 1.807) is 0 Å². The van der Waals surface area contributed by atoms with Crippen molar-refractivity contribution in [3.05, 3.63) is 34.6 Å². The molecule has 0 radical (unpaired) electrons. The Labute approximate surface area is 159 Å². The Kier molecular flexibility index (Phi) is 7.01. The minimum Gasteiger partial charge on any atom is -0.352 e. The van der Waals surface area contributed by atoms with Crippen molar-refractivity contribution in [3.8, 4) is 0 Å². The van der Waals surface area contributed by atoms with Gasteiger partial charge in [0.1, 0.15) is 5.82 Å². The fourth-order valence-corrected chi connectivity index (χ4v) is 3.08. The van der Waals surface area contributed by atoms with Crippen LogP contribution in [-0.4, -0.2) is 48.4 Å². The van der Waals surface area contributed by atoms with Gasteiger partial charge >= 0.3 is 0 Å². The normalized spacial score (nSPS) is 15.8. The van der Waals surface area contributed by atoms with Crippen LogP contribution in [0.25, 0.3) is 0 Å². The van der Waals surface area contributed by atoms with Gasteiger partial charge in [0.05, 0.1) is 6.54 Å². The first-order chi connectivity index (χ1) is 12.1. The zero-order chi connectivity index (χ0) is 19.3. The molecule has 1 fully saturated rings. The average Bonchev–Trinajstić information content (AvgIpc) is 2.56. The SMILES string of the molecule is CC(C)(C)NCC(=O)N1CCC(CNC(=O)c2cc(F)cc(Cl)c2)CC1. The van der Waals surface area contributed by atoms with E-state index in [-0.39, 0.29) is 27.9 Å². The largest absolute Gasteiger partial charge is 0.352 e. The van der Waals surface area contributed by atoms with Crippen LogP contribution >= 0.6 is 11.6 Å². The van der Waals surface area contributed by atoms with E-state index < -0.39 is 5.82 Å². The fraction of sp³-hybridized carbons (Fsp3) is 0.579. The number of likely N-dealkylation sites (tertiary alicyclic amines) is 1. The van der Waals surface area contributed by atoms with Crippen LogP contribution in [0.2, 0.25) is 5.02 Å². The van der Waals surface area contributed by atoms with Crippen LogP contribution in [0.1, 0.15) is 44.0 Å². The van der Waals surface area contributed by atoms with Crippen molar-refractivity contribution < 1.29 is 14.0 Å². The molecule has 1 aromatic rings. The lowest BCUT2D eigenvalue weighted by atomic mass is 9.96. The standard InChI is InChI=1S/C19H27ClFN3O2/c1-19(2,3)23-12-17(25)24-6-4-13(5-7-24)11-22-18(26)14-8-15(20)10-16(21)9-14/h8-10,13,23H,4-7,11-12H2,1-3H3,(H,22,26). The number of amides is 2. The molecule has 5 nitrogen and oxygen atoms in total. The summed E-state index contributed by atoms with van der Waals surface area (Å²) < 4.78 is 13.3. The van der Waals surface area contributed by atoms with Crippen molar-refractivity contribution in [2.24, 2.45) is 5.92 Å². The number of nitrogens with one attached hydrogen (secondary N) is 2. The van der Waals surface area contributed by atoms with E-state index in [1.807, 2.05) is 25.7 Å². The van der Waals surface area contributed by atoms with Crippen molar-refractivity contribution in [1.29, 1.82) is 0 Å². The second-order valence-electron chi connectivity index (χ2n) is 7.80.